The van der Waals surface area contributed by atoms with Gasteiger partial charge in [-0.25, -0.2) is 0 Å². The summed E-state index contributed by atoms with van der Waals surface area (Å²) in [6.07, 6.45) is 0. The van der Waals surface area contributed by atoms with E-state index in [1.165, 1.54) is 0 Å². The third kappa shape index (κ3) is 4.10. The van der Waals surface area contributed by atoms with Gasteiger partial charge in [0, 0.05) is 50.4 Å². The van der Waals surface area contributed by atoms with E-state index in [0.29, 0.717) is 26.4 Å². The Morgan fingerprint density at radius 1 is 0.684 bits per heavy atom. The molecule has 2 fully saturated rings. The van der Waals surface area contributed by atoms with E-state index in [-0.39, 0.29) is 10.8 Å². The fraction of sp³-hybridized carbons (Fsp3) is 1.00. The minimum absolute atomic E-state index is 0.0502. The summed E-state index contributed by atoms with van der Waals surface area (Å²) in [7, 11) is -5.24. The molecule has 0 atom stereocenters. The van der Waals surface area contributed by atoms with Gasteiger partial charge in [0.05, 0.1) is 0 Å². The van der Waals surface area contributed by atoms with Gasteiger partial charge >= 0.3 is 17.6 Å². The molecule has 19 heavy (non-hydrogen) atoms. The molecule has 2 saturated heterocycles. The largest absolute Gasteiger partial charge is 0.490 e. The average molecular weight is 307 g/mol. The maximum atomic E-state index is 6.08. The molecule has 0 aliphatic carbocycles. The summed E-state index contributed by atoms with van der Waals surface area (Å²) < 4.78 is 29.6. The van der Waals surface area contributed by atoms with Crippen LogP contribution in [0.1, 0.15) is 27.7 Å². The zero-order valence-corrected chi connectivity index (χ0v) is 14.9. The van der Waals surface area contributed by atoms with Crippen molar-refractivity contribution < 1.29 is 21.8 Å². The highest BCUT2D eigenvalue weighted by molar-refractivity contribution is 6.73. The summed E-state index contributed by atoms with van der Waals surface area (Å²) in [5.74, 6) is 0. The second-order valence-corrected chi connectivity index (χ2v) is 12.7. The lowest BCUT2D eigenvalue weighted by Gasteiger charge is -2.45. The van der Waals surface area contributed by atoms with Crippen LogP contribution in [0.4, 0.5) is 0 Å². The monoisotopic (exact) mass is 306 g/mol. The van der Waals surface area contributed by atoms with Crippen LogP contribution in [0.3, 0.4) is 0 Å². The summed E-state index contributed by atoms with van der Waals surface area (Å²) in [6, 6.07) is 0. The Labute approximate surface area is 118 Å². The fourth-order valence-corrected chi connectivity index (χ4v) is 8.34. The molecule has 2 rings (SSSR count). The Kier molecular flexibility index (Phi) is 4.03. The maximum absolute atomic E-state index is 6.08. The molecule has 112 valence electrons. The summed E-state index contributed by atoms with van der Waals surface area (Å²) >= 11 is 0. The molecular formula is C12H26O5Si2. The highest BCUT2D eigenvalue weighted by atomic mass is 28.5. The first-order valence-corrected chi connectivity index (χ1v) is 11.2. The van der Waals surface area contributed by atoms with E-state index >= 15 is 0 Å². The molecule has 7 heteroatoms. The third-order valence-electron chi connectivity index (χ3n) is 3.27. The molecule has 0 spiro atoms. The molecule has 0 unspecified atom stereocenters. The van der Waals surface area contributed by atoms with Crippen LogP contribution in [-0.4, -0.2) is 44.0 Å². The van der Waals surface area contributed by atoms with Gasteiger partial charge in [0.2, 0.25) is 0 Å². The van der Waals surface area contributed by atoms with Crippen molar-refractivity contribution in [2.75, 3.05) is 26.4 Å². The minimum atomic E-state index is -2.62. The molecule has 0 aromatic heterocycles. The topological polar surface area (TPSA) is 46.2 Å². The lowest BCUT2D eigenvalue weighted by Crippen LogP contribution is -2.62. The van der Waals surface area contributed by atoms with Gasteiger partial charge < -0.3 is 21.8 Å². The second-order valence-electron chi connectivity index (χ2n) is 7.31. The van der Waals surface area contributed by atoms with Crippen LogP contribution in [0.5, 0.6) is 0 Å². The van der Waals surface area contributed by atoms with E-state index in [2.05, 4.69) is 27.7 Å². The summed E-state index contributed by atoms with van der Waals surface area (Å²) in [6.45, 7) is 15.0. The molecule has 0 saturated carbocycles. The van der Waals surface area contributed by atoms with Crippen LogP contribution in [0.15, 0.2) is 0 Å². The molecule has 2 aliphatic heterocycles. The molecule has 5 nitrogen and oxygen atoms in total. The predicted molar refractivity (Wildman–Crippen MR) is 75.7 cm³/mol. The van der Waals surface area contributed by atoms with Crippen molar-refractivity contribution >= 4 is 17.6 Å². The SMILES string of the molecule is CC1(C)CO[Si](C)(O[Si]2(C)OCC(C)(C)CO2)OC1. The van der Waals surface area contributed by atoms with E-state index in [1.807, 2.05) is 13.1 Å². The van der Waals surface area contributed by atoms with Crippen molar-refractivity contribution in [3.8, 4) is 0 Å². The maximum Gasteiger partial charge on any atom is 0.490 e. The van der Waals surface area contributed by atoms with E-state index < -0.39 is 17.6 Å². The molecule has 0 radical (unpaired) electrons. The van der Waals surface area contributed by atoms with E-state index in [1.54, 1.807) is 0 Å². The zero-order chi connectivity index (χ0) is 14.4. The van der Waals surface area contributed by atoms with Crippen LogP contribution in [0.25, 0.3) is 0 Å². The van der Waals surface area contributed by atoms with Crippen LogP contribution < -0.4 is 0 Å². The molecule has 2 heterocycles. The Balaban J connectivity index is 1.94. The van der Waals surface area contributed by atoms with Crippen molar-refractivity contribution in [3.05, 3.63) is 0 Å². The number of hydrogen-bond acceptors (Lipinski definition) is 5. The fourth-order valence-electron chi connectivity index (χ4n) is 1.93. The van der Waals surface area contributed by atoms with Crippen molar-refractivity contribution in [2.24, 2.45) is 10.8 Å². The highest BCUT2D eigenvalue weighted by Crippen LogP contribution is 2.33. The quantitative estimate of drug-likeness (QED) is 0.733. The first-order valence-electron chi connectivity index (χ1n) is 6.79. The smallest absolute Gasteiger partial charge is 0.373 e. The van der Waals surface area contributed by atoms with E-state index in [4.69, 9.17) is 21.8 Å². The van der Waals surface area contributed by atoms with Crippen LogP contribution in [0, 0.1) is 10.8 Å². The Hall–Kier alpha value is 0.234. The Bertz CT molecular complexity index is 293. The second kappa shape index (κ2) is 4.90. The van der Waals surface area contributed by atoms with Crippen molar-refractivity contribution in [1.29, 1.82) is 0 Å². The summed E-state index contributed by atoms with van der Waals surface area (Å²) in [5, 5.41) is 0. The van der Waals surface area contributed by atoms with E-state index in [9.17, 15) is 0 Å². The van der Waals surface area contributed by atoms with Crippen molar-refractivity contribution in [2.45, 2.75) is 40.8 Å². The van der Waals surface area contributed by atoms with Gasteiger partial charge in [-0.1, -0.05) is 27.7 Å². The summed E-state index contributed by atoms with van der Waals surface area (Å²) in [5.41, 5.74) is 0.100. The Morgan fingerprint density at radius 3 is 1.21 bits per heavy atom. The average Bonchev–Trinajstić information content (AvgIpc) is 2.29. The molecule has 0 aromatic rings. The summed E-state index contributed by atoms with van der Waals surface area (Å²) in [4.78, 5) is 0. The molecule has 2 aliphatic rings. The van der Waals surface area contributed by atoms with Crippen molar-refractivity contribution in [3.63, 3.8) is 0 Å². The van der Waals surface area contributed by atoms with Crippen LogP contribution in [-0.2, 0) is 21.8 Å². The number of hydrogen-bond donors (Lipinski definition) is 0. The standard InChI is InChI=1S/C12H26O5Si2/c1-11(2)7-13-18(5,14-8-11)17-19(6)15-9-12(3,4)10-16-19/h7-10H2,1-6H3. The van der Waals surface area contributed by atoms with Gasteiger partial charge in [-0.3, -0.25) is 0 Å². The molecule has 0 amide bonds. The van der Waals surface area contributed by atoms with Gasteiger partial charge in [-0.2, -0.15) is 0 Å². The van der Waals surface area contributed by atoms with Crippen LogP contribution in [0.2, 0.25) is 13.1 Å². The molecule has 0 N–H and O–H groups in total. The lowest BCUT2D eigenvalue weighted by atomic mass is 9.97. The highest BCUT2D eigenvalue weighted by Gasteiger charge is 2.53. The van der Waals surface area contributed by atoms with E-state index in [0.717, 1.165) is 0 Å². The molecular weight excluding hydrogens is 280 g/mol. The van der Waals surface area contributed by atoms with Crippen LogP contribution >= 0.6 is 0 Å². The molecule has 0 aromatic carbocycles. The normalized spacial score (nSPS) is 31.9. The van der Waals surface area contributed by atoms with Gasteiger partial charge in [0.25, 0.3) is 0 Å². The zero-order valence-electron chi connectivity index (χ0n) is 12.9. The van der Waals surface area contributed by atoms with Gasteiger partial charge in [0.15, 0.2) is 0 Å². The van der Waals surface area contributed by atoms with Crippen molar-refractivity contribution in [1.82, 2.24) is 0 Å². The lowest BCUT2D eigenvalue weighted by molar-refractivity contribution is -0.0598. The first kappa shape index (κ1) is 15.6. The first-order chi connectivity index (χ1) is 8.54. The predicted octanol–water partition coefficient (Wildman–Crippen LogP) is 2.29. The van der Waals surface area contributed by atoms with Gasteiger partial charge in [-0.15, -0.1) is 0 Å². The number of rotatable bonds is 2. The third-order valence-corrected chi connectivity index (χ3v) is 8.91. The van der Waals surface area contributed by atoms with Gasteiger partial charge in [0.1, 0.15) is 0 Å². The minimum Gasteiger partial charge on any atom is -0.373 e. The molecule has 0 bridgehead atoms. The van der Waals surface area contributed by atoms with Gasteiger partial charge in [-0.05, 0) is 0 Å². The Morgan fingerprint density at radius 2 is 0.947 bits per heavy atom.